The highest BCUT2D eigenvalue weighted by Gasteiger charge is 2.26. The van der Waals surface area contributed by atoms with Crippen LogP contribution in [-0.2, 0) is 26.7 Å². The summed E-state index contributed by atoms with van der Waals surface area (Å²) in [4.78, 5) is 0.423. The Morgan fingerprint density at radius 2 is 1.73 bits per heavy atom. The number of rotatable bonds is 8. The lowest BCUT2D eigenvalue weighted by Gasteiger charge is -2.24. The molecular weight excluding hydrogens is 432 g/mol. The Labute approximate surface area is 174 Å². The average Bonchev–Trinajstić information content (AvgIpc) is 3.19. The van der Waals surface area contributed by atoms with E-state index in [1.807, 2.05) is 0 Å². The molecule has 0 radical (unpaired) electrons. The summed E-state index contributed by atoms with van der Waals surface area (Å²) in [5, 5.41) is 5.32. The van der Waals surface area contributed by atoms with Gasteiger partial charge >= 0.3 is 0 Å². The van der Waals surface area contributed by atoms with Crippen molar-refractivity contribution >= 4 is 37.2 Å². The fourth-order valence-corrected chi connectivity index (χ4v) is 4.28. The maximum absolute atomic E-state index is 12.2. The summed E-state index contributed by atoms with van der Waals surface area (Å²) in [7, 11) is -7.49. The second-order valence-corrected chi connectivity index (χ2v) is 9.21. The summed E-state index contributed by atoms with van der Waals surface area (Å²) in [6, 6.07) is 14.3. The summed E-state index contributed by atoms with van der Waals surface area (Å²) in [5.74, 6) is 0.568. The van der Waals surface area contributed by atoms with Crippen LogP contribution in [0.2, 0.25) is 0 Å². The van der Waals surface area contributed by atoms with Crippen molar-refractivity contribution in [2.45, 2.75) is 16.3 Å². The van der Waals surface area contributed by atoms with Gasteiger partial charge in [-0.2, -0.15) is 8.42 Å². The van der Waals surface area contributed by atoms with E-state index in [4.69, 9.17) is 9.56 Å². The molecule has 0 fully saturated rings. The molecule has 30 heavy (non-hydrogen) atoms. The number of hydrazine groups is 1. The van der Waals surface area contributed by atoms with E-state index in [0.29, 0.717) is 11.4 Å². The highest BCUT2D eigenvalue weighted by Crippen LogP contribution is 2.36. The van der Waals surface area contributed by atoms with E-state index < -0.39 is 29.9 Å². The quantitative estimate of drug-likeness (QED) is 0.297. The first-order valence-corrected chi connectivity index (χ1v) is 11.5. The van der Waals surface area contributed by atoms with Crippen LogP contribution >= 0.6 is 0 Å². The Morgan fingerprint density at radius 3 is 2.30 bits per heavy atom. The van der Waals surface area contributed by atoms with E-state index in [2.05, 4.69) is 10.9 Å². The number of nitrogens with one attached hydrogen (secondary N) is 2. The second-order valence-electron chi connectivity index (χ2n) is 6.29. The number of hydrogen-bond donors (Lipinski definition) is 4. The van der Waals surface area contributed by atoms with Crippen LogP contribution in [0.5, 0.6) is 0 Å². The Hall–Kier alpha value is -2.90. The van der Waals surface area contributed by atoms with Crippen molar-refractivity contribution < 1.29 is 25.8 Å². The topological polar surface area (TPSA) is 155 Å². The van der Waals surface area contributed by atoms with E-state index in [-0.39, 0.29) is 17.9 Å². The van der Waals surface area contributed by atoms with Crippen molar-refractivity contribution in [2.75, 3.05) is 17.4 Å². The van der Waals surface area contributed by atoms with Crippen LogP contribution in [0.15, 0.2) is 75.1 Å². The molecular formula is C18H20N4O6S2. The van der Waals surface area contributed by atoms with E-state index in [1.165, 1.54) is 17.2 Å². The normalized spacial score (nSPS) is 12.0. The molecule has 0 saturated heterocycles. The predicted molar refractivity (Wildman–Crippen MR) is 111 cm³/mol. The van der Waals surface area contributed by atoms with Gasteiger partial charge in [0.05, 0.1) is 24.2 Å². The van der Waals surface area contributed by atoms with Crippen LogP contribution in [0.3, 0.4) is 0 Å². The molecule has 12 heteroatoms. The van der Waals surface area contributed by atoms with Gasteiger partial charge in [-0.15, -0.1) is 0 Å². The minimum absolute atomic E-state index is 0.0748. The van der Waals surface area contributed by atoms with Crippen LogP contribution in [0.25, 0.3) is 0 Å². The lowest BCUT2D eigenvalue weighted by atomic mass is 10.2. The Morgan fingerprint density at radius 1 is 1.03 bits per heavy atom. The second kappa shape index (κ2) is 8.45. The maximum Gasteiger partial charge on any atom is 0.296 e. The van der Waals surface area contributed by atoms with Gasteiger partial charge < -0.3 is 14.7 Å². The zero-order valence-corrected chi connectivity index (χ0v) is 17.4. The zero-order valence-electron chi connectivity index (χ0n) is 15.8. The number of anilines is 3. The van der Waals surface area contributed by atoms with E-state index >= 15 is 0 Å². The first kappa shape index (κ1) is 21.8. The molecule has 5 N–H and O–H groups in total. The molecule has 10 nitrogen and oxygen atoms in total. The van der Waals surface area contributed by atoms with Crippen LogP contribution < -0.4 is 20.9 Å². The predicted octanol–water partition coefficient (Wildman–Crippen LogP) is 2.06. The summed E-state index contributed by atoms with van der Waals surface area (Å²) < 4.78 is 62.9. The average molecular weight is 453 g/mol. The van der Waals surface area contributed by atoms with Gasteiger partial charge in [-0.3, -0.25) is 4.55 Å². The van der Waals surface area contributed by atoms with Crippen LogP contribution in [0.4, 0.5) is 17.1 Å². The molecule has 3 rings (SSSR count). The number of benzene rings is 2. The number of nitrogens with two attached hydrogens (primary N) is 1. The highest BCUT2D eigenvalue weighted by molar-refractivity contribution is 7.89. The van der Waals surface area contributed by atoms with Gasteiger partial charge in [0, 0.05) is 12.7 Å². The lowest BCUT2D eigenvalue weighted by Crippen LogP contribution is -2.24. The van der Waals surface area contributed by atoms with Gasteiger partial charge in [-0.05, 0) is 36.4 Å². The molecule has 0 aliphatic heterocycles. The zero-order chi connectivity index (χ0) is 21.9. The summed E-state index contributed by atoms with van der Waals surface area (Å²) in [6.07, 6.45) is 1.48. The monoisotopic (exact) mass is 452 g/mol. The smallest absolute Gasteiger partial charge is 0.296 e. The van der Waals surface area contributed by atoms with Crippen LogP contribution in [-0.4, -0.2) is 28.4 Å². The number of furan rings is 1. The van der Waals surface area contributed by atoms with Crippen molar-refractivity contribution in [3.05, 3.63) is 66.6 Å². The molecule has 0 amide bonds. The molecule has 1 aromatic heterocycles. The fraction of sp³-hybridized carbons (Fsp3) is 0.111. The Balaban J connectivity index is 2.09. The van der Waals surface area contributed by atoms with Gasteiger partial charge in [0.2, 0.25) is 10.0 Å². The number of nitrogens with zero attached hydrogens (tertiary/aromatic N) is 1. The molecule has 0 atom stereocenters. The Kier molecular flexibility index (Phi) is 6.14. The van der Waals surface area contributed by atoms with Gasteiger partial charge in [0.25, 0.3) is 10.1 Å². The summed E-state index contributed by atoms with van der Waals surface area (Å²) in [5.41, 5.74) is 6.10. The standard InChI is InChI=1S/C18H20N4O6S2/c1-22(13-6-3-2-4-7-13)16-10-15(21-20-12-14-8-5-9-28-14)17(30(25,26)27)11-18(16)29(19,23)24/h2-11,20-21H,12H2,1H3,(H2,19,23,24)(H,25,26,27). The number of hydrogen-bond acceptors (Lipinski definition) is 8. The molecule has 1 heterocycles. The molecule has 160 valence electrons. The fourth-order valence-electron chi connectivity index (χ4n) is 2.78. The number of primary sulfonamides is 1. The van der Waals surface area contributed by atoms with Crippen molar-refractivity contribution in [3.63, 3.8) is 0 Å². The van der Waals surface area contributed by atoms with Crippen LogP contribution in [0, 0.1) is 0 Å². The van der Waals surface area contributed by atoms with Crippen molar-refractivity contribution in [2.24, 2.45) is 5.14 Å². The number of para-hydroxylation sites is 1. The van der Waals surface area contributed by atoms with E-state index in [0.717, 1.165) is 6.07 Å². The highest BCUT2D eigenvalue weighted by atomic mass is 32.2. The summed E-state index contributed by atoms with van der Waals surface area (Å²) >= 11 is 0. The van der Waals surface area contributed by atoms with Crippen molar-refractivity contribution in [1.29, 1.82) is 0 Å². The molecule has 0 unspecified atom stereocenters. The minimum Gasteiger partial charge on any atom is -0.468 e. The number of sulfonamides is 1. The first-order valence-electron chi connectivity index (χ1n) is 8.56. The Bertz CT molecular complexity index is 1230. The first-order chi connectivity index (χ1) is 14.1. The van der Waals surface area contributed by atoms with Gasteiger partial charge in [0.15, 0.2) is 0 Å². The molecule has 2 aromatic carbocycles. The molecule has 0 saturated carbocycles. The molecule has 0 aliphatic carbocycles. The lowest BCUT2D eigenvalue weighted by molar-refractivity contribution is 0.482. The third-order valence-electron chi connectivity index (χ3n) is 4.22. The SMILES string of the molecule is CN(c1ccccc1)c1cc(NNCc2ccco2)c(S(=O)(=O)O)cc1S(N)(=O)=O. The molecule has 3 aromatic rings. The molecule has 0 spiro atoms. The van der Waals surface area contributed by atoms with Crippen LogP contribution in [0.1, 0.15) is 5.76 Å². The maximum atomic E-state index is 12.2. The van der Waals surface area contributed by atoms with E-state index in [1.54, 1.807) is 49.5 Å². The largest absolute Gasteiger partial charge is 0.468 e. The van der Waals surface area contributed by atoms with E-state index in [9.17, 15) is 21.4 Å². The van der Waals surface area contributed by atoms with Gasteiger partial charge in [0.1, 0.15) is 15.6 Å². The van der Waals surface area contributed by atoms with Gasteiger partial charge in [-0.1, -0.05) is 18.2 Å². The van der Waals surface area contributed by atoms with Crippen molar-refractivity contribution in [1.82, 2.24) is 5.43 Å². The van der Waals surface area contributed by atoms with Crippen molar-refractivity contribution in [3.8, 4) is 0 Å². The molecule has 0 bridgehead atoms. The summed E-state index contributed by atoms with van der Waals surface area (Å²) in [6.45, 7) is 0.193. The third-order valence-corrected chi connectivity index (χ3v) is 6.05. The van der Waals surface area contributed by atoms with Gasteiger partial charge in [-0.25, -0.2) is 19.0 Å². The third kappa shape index (κ3) is 4.98. The minimum atomic E-state index is -4.77. The molecule has 0 aliphatic rings.